The molecule has 1 aromatic rings. The van der Waals surface area contributed by atoms with E-state index in [0.29, 0.717) is 18.0 Å². The van der Waals surface area contributed by atoms with Crippen molar-refractivity contribution in [1.29, 1.82) is 0 Å². The molecule has 1 saturated carbocycles. The summed E-state index contributed by atoms with van der Waals surface area (Å²) in [5, 5.41) is 2.85. The van der Waals surface area contributed by atoms with Gasteiger partial charge in [0.1, 0.15) is 6.04 Å². The first kappa shape index (κ1) is 21.3. The number of amides is 2. The van der Waals surface area contributed by atoms with Gasteiger partial charge in [-0.2, -0.15) is 0 Å². The summed E-state index contributed by atoms with van der Waals surface area (Å²) in [6, 6.07) is 6.69. The van der Waals surface area contributed by atoms with Crippen LogP contribution in [0.2, 0.25) is 0 Å². The quantitative estimate of drug-likeness (QED) is 0.770. The first-order valence-corrected chi connectivity index (χ1v) is 10.6. The van der Waals surface area contributed by atoms with Crippen LogP contribution >= 0.6 is 0 Å². The fraction of sp³-hybridized carbons (Fsp3) is 0.609. The van der Waals surface area contributed by atoms with Gasteiger partial charge in [0.2, 0.25) is 5.91 Å². The van der Waals surface area contributed by atoms with Crippen LogP contribution in [0, 0.1) is 5.92 Å². The molecule has 0 radical (unpaired) electrons. The molecule has 158 valence electrons. The number of methoxy groups -OCH3 is 1. The zero-order valence-electron chi connectivity index (χ0n) is 17.9. The summed E-state index contributed by atoms with van der Waals surface area (Å²) in [5.74, 6) is -0.877. The van der Waals surface area contributed by atoms with E-state index in [-0.39, 0.29) is 11.8 Å². The number of benzene rings is 1. The van der Waals surface area contributed by atoms with Crippen molar-refractivity contribution < 1.29 is 19.1 Å². The summed E-state index contributed by atoms with van der Waals surface area (Å²) >= 11 is 0. The fourth-order valence-corrected chi connectivity index (χ4v) is 5.01. The molecule has 1 aliphatic carbocycles. The number of esters is 1. The number of hydrogen-bond donors (Lipinski definition) is 1. The van der Waals surface area contributed by atoms with Gasteiger partial charge in [-0.1, -0.05) is 51.3 Å². The minimum Gasteiger partial charge on any atom is -0.467 e. The molecule has 1 fully saturated rings. The van der Waals surface area contributed by atoms with E-state index < -0.39 is 23.5 Å². The predicted molar refractivity (Wildman–Crippen MR) is 110 cm³/mol. The van der Waals surface area contributed by atoms with Crippen molar-refractivity contribution in [3.63, 3.8) is 0 Å². The van der Waals surface area contributed by atoms with Gasteiger partial charge in [0.05, 0.1) is 18.6 Å². The van der Waals surface area contributed by atoms with Crippen molar-refractivity contribution in [2.24, 2.45) is 5.92 Å². The van der Waals surface area contributed by atoms with Crippen LogP contribution in [-0.4, -0.2) is 47.9 Å². The van der Waals surface area contributed by atoms with Crippen LogP contribution in [0.4, 0.5) is 0 Å². The van der Waals surface area contributed by atoms with Crippen LogP contribution in [0.1, 0.15) is 74.7 Å². The van der Waals surface area contributed by atoms with Gasteiger partial charge in [-0.3, -0.25) is 9.59 Å². The molecule has 1 heterocycles. The number of carbonyl (C=O) groups excluding carboxylic acids is 3. The highest BCUT2D eigenvalue weighted by Crippen LogP contribution is 2.49. The number of hydrogen-bond acceptors (Lipinski definition) is 4. The van der Waals surface area contributed by atoms with Crippen molar-refractivity contribution in [3.05, 3.63) is 35.4 Å². The molecular formula is C23H32N2O4. The van der Waals surface area contributed by atoms with Crippen LogP contribution in [-0.2, 0) is 14.3 Å². The molecule has 1 N–H and O–H groups in total. The van der Waals surface area contributed by atoms with E-state index in [9.17, 15) is 14.4 Å². The second-order valence-electron chi connectivity index (χ2n) is 8.75. The van der Waals surface area contributed by atoms with Gasteiger partial charge in [0.25, 0.3) is 5.91 Å². The van der Waals surface area contributed by atoms with Gasteiger partial charge in [0, 0.05) is 12.1 Å². The lowest BCUT2D eigenvalue weighted by Crippen LogP contribution is -2.63. The largest absolute Gasteiger partial charge is 0.467 e. The van der Waals surface area contributed by atoms with Crippen molar-refractivity contribution in [3.8, 4) is 0 Å². The number of carbonyl (C=O) groups is 3. The maximum atomic E-state index is 13.5. The standard InChI is InChI=1S/C23H32N2O4/c1-15(2)14-25-21(27)18-11-7-6-10-17(18)19(23(25)12-8-5-9-13-23)20(26)24-16(3)22(28)29-4/h6-7,10-11,15-16,19H,5,8-9,12-14H2,1-4H3,(H,24,26). The summed E-state index contributed by atoms with van der Waals surface area (Å²) in [5.41, 5.74) is 0.817. The molecule has 1 aromatic carbocycles. The van der Waals surface area contributed by atoms with Crippen LogP contribution in [0.25, 0.3) is 0 Å². The zero-order valence-corrected chi connectivity index (χ0v) is 17.9. The zero-order chi connectivity index (χ0) is 21.2. The molecule has 2 atom stereocenters. The Bertz CT molecular complexity index is 783. The highest BCUT2D eigenvalue weighted by atomic mass is 16.5. The van der Waals surface area contributed by atoms with E-state index in [1.165, 1.54) is 7.11 Å². The lowest BCUT2D eigenvalue weighted by Gasteiger charge is -2.54. The van der Waals surface area contributed by atoms with Gasteiger partial charge >= 0.3 is 5.97 Å². The van der Waals surface area contributed by atoms with E-state index in [1.54, 1.807) is 6.92 Å². The van der Waals surface area contributed by atoms with E-state index in [4.69, 9.17) is 4.74 Å². The molecule has 0 aromatic heterocycles. The minimum absolute atomic E-state index is 0.0151. The van der Waals surface area contributed by atoms with Gasteiger partial charge < -0.3 is 15.0 Å². The normalized spacial score (nSPS) is 21.6. The Labute approximate surface area is 173 Å². The van der Waals surface area contributed by atoms with Crippen LogP contribution < -0.4 is 5.32 Å². The van der Waals surface area contributed by atoms with E-state index >= 15 is 0 Å². The molecule has 2 unspecified atom stereocenters. The lowest BCUT2D eigenvalue weighted by atomic mass is 9.65. The lowest BCUT2D eigenvalue weighted by molar-refractivity contribution is -0.145. The van der Waals surface area contributed by atoms with Crippen molar-refractivity contribution in [2.75, 3.05) is 13.7 Å². The highest BCUT2D eigenvalue weighted by molar-refractivity contribution is 6.02. The van der Waals surface area contributed by atoms with Crippen molar-refractivity contribution >= 4 is 17.8 Å². The van der Waals surface area contributed by atoms with Gasteiger partial charge in [-0.25, -0.2) is 4.79 Å². The SMILES string of the molecule is COC(=O)C(C)NC(=O)C1c2ccccc2C(=O)N(CC(C)C)C12CCCCC2. The Morgan fingerprint density at radius 2 is 1.83 bits per heavy atom. The first-order chi connectivity index (χ1) is 13.8. The number of nitrogens with one attached hydrogen (secondary N) is 1. The molecular weight excluding hydrogens is 368 g/mol. The van der Waals surface area contributed by atoms with Crippen LogP contribution in [0.3, 0.4) is 0 Å². The average molecular weight is 401 g/mol. The molecule has 1 spiro atoms. The van der Waals surface area contributed by atoms with Gasteiger partial charge in [-0.15, -0.1) is 0 Å². The third kappa shape index (κ3) is 3.89. The van der Waals surface area contributed by atoms with Crippen LogP contribution in [0.15, 0.2) is 24.3 Å². The average Bonchev–Trinajstić information content (AvgIpc) is 2.71. The summed E-state index contributed by atoms with van der Waals surface area (Å²) in [4.78, 5) is 40.9. The molecule has 0 bridgehead atoms. The van der Waals surface area contributed by atoms with Gasteiger partial charge in [0.15, 0.2) is 0 Å². The Balaban J connectivity index is 2.10. The van der Waals surface area contributed by atoms with Crippen LogP contribution in [0.5, 0.6) is 0 Å². The maximum Gasteiger partial charge on any atom is 0.328 e. The Kier molecular flexibility index (Phi) is 6.30. The smallest absolute Gasteiger partial charge is 0.328 e. The molecule has 6 nitrogen and oxygen atoms in total. The Hall–Kier alpha value is -2.37. The molecule has 3 rings (SSSR count). The van der Waals surface area contributed by atoms with E-state index in [0.717, 1.165) is 37.7 Å². The summed E-state index contributed by atoms with van der Waals surface area (Å²) < 4.78 is 4.78. The number of fused-ring (bicyclic) bond motifs is 1. The second kappa shape index (κ2) is 8.56. The predicted octanol–water partition coefficient (Wildman–Crippen LogP) is 3.26. The minimum atomic E-state index is -0.739. The topological polar surface area (TPSA) is 75.7 Å². The molecule has 29 heavy (non-hydrogen) atoms. The maximum absolute atomic E-state index is 13.5. The Morgan fingerprint density at radius 3 is 2.45 bits per heavy atom. The molecule has 2 aliphatic rings. The highest BCUT2D eigenvalue weighted by Gasteiger charge is 2.54. The van der Waals surface area contributed by atoms with E-state index in [1.807, 2.05) is 29.2 Å². The Morgan fingerprint density at radius 1 is 1.17 bits per heavy atom. The summed E-state index contributed by atoms with van der Waals surface area (Å²) in [6.45, 7) is 6.43. The third-order valence-electron chi connectivity index (χ3n) is 6.27. The summed E-state index contributed by atoms with van der Waals surface area (Å²) in [6.07, 6.45) is 4.68. The molecule has 1 aliphatic heterocycles. The monoisotopic (exact) mass is 400 g/mol. The number of ether oxygens (including phenoxy) is 1. The fourth-order valence-electron chi connectivity index (χ4n) is 5.01. The number of rotatable bonds is 5. The number of nitrogens with zero attached hydrogens (tertiary/aromatic N) is 1. The van der Waals surface area contributed by atoms with E-state index in [2.05, 4.69) is 19.2 Å². The molecule has 0 saturated heterocycles. The second-order valence-corrected chi connectivity index (χ2v) is 8.75. The summed E-state index contributed by atoms with van der Waals surface area (Å²) in [7, 11) is 1.31. The van der Waals surface area contributed by atoms with Crippen molar-refractivity contribution in [2.45, 2.75) is 70.4 Å². The van der Waals surface area contributed by atoms with Crippen molar-refractivity contribution in [1.82, 2.24) is 10.2 Å². The first-order valence-electron chi connectivity index (χ1n) is 10.6. The van der Waals surface area contributed by atoms with Gasteiger partial charge in [-0.05, 0) is 37.3 Å². The molecule has 6 heteroatoms. The molecule has 2 amide bonds. The third-order valence-corrected chi connectivity index (χ3v) is 6.27.